The molecular weight excluding hydrogens is 200 g/mol. The highest BCUT2D eigenvalue weighted by atomic mass is 28.3. The van der Waals surface area contributed by atoms with Gasteiger partial charge in [-0.3, -0.25) is 0 Å². The maximum atomic E-state index is 5.65. The van der Waals surface area contributed by atoms with Gasteiger partial charge in [-0.15, -0.1) is 12.3 Å². The van der Waals surface area contributed by atoms with Crippen LogP contribution in [0.25, 0.3) is 0 Å². The van der Waals surface area contributed by atoms with E-state index >= 15 is 0 Å². The fraction of sp³-hybridized carbons (Fsp3) is 0.333. The van der Waals surface area contributed by atoms with E-state index in [1.807, 2.05) is 12.1 Å². The third kappa shape index (κ3) is 3.44. The highest BCUT2D eigenvalue weighted by molar-refractivity contribution is 6.82. The van der Waals surface area contributed by atoms with Gasteiger partial charge in [0, 0.05) is 24.6 Å². The summed E-state index contributed by atoms with van der Waals surface area (Å²) in [5.41, 5.74) is 9.81. The van der Waals surface area contributed by atoms with Crippen LogP contribution >= 0.6 is 0 Å². The fourth-order valence-electron chi connectivity index (χ4n) is 1.50. The van der Waals surface area contributed by atoms with Crippen molar-refractivity contribution in [2.24, 2.45) is 0 Å². The summed E-state index contributed by atoms with van der Waals surface area (Å²) in [6, 6.07) is 7.99. The van der Waals surface area contributed by atoms with E-state index in [1.54, 1.807) is 0 Å². The summed E-state index contributed by atoms with van der Waals surface area (Å²) in [6.07, 6.45) is 1.08. The van der Waals surface area contributed by atoms with Crippen molar-refractivity contribution in [1.82, 2.24) is 0 Å². The summed E-state index contributed by atoms with van der Waals surface area (Å²) < 4.78 is 0. The maximum absolute atomic E-state index is 5.65. The minimum atomic E-state index is -1.28. The summed E-state index contributed by atoms with van der Waals surface area (Å²) in [7, 11) is 0.837. The highest BCUT2D eigenvalue weighted by Crippen LogP contribution is 2.17. The van der Waals surface area contributed by atoms with Crippen molar-refractivity contribution >= 4 is 19.4 Å². The molecule has 82 valence electrons. The van der Waals surface area contributed by atoms with E-state index in [0.29, 0.717) is 0 Å². The lowest BCUT2D eigenvalue weighted by Crippen LogP contribution is -2.39. The molecule has 15 heavy (non-hydrogen) atoms. The van der Waals surface area contributed by atoms with Crippen LogP contribution in [0.2, 0.25) is 13.1 Å². The molecule has 0 heterocycles. The van der Waals surface area contributed by atoms with Gasteiger partial charge in [0.15, 0.2) is 0 Å². The average Bonchev–Trinajstić information content (AvgIpc) is 2.18. The van der Waals surface area contributed by atoms with Gasteiger partial charge in [-0.05, 0) is 24.3 Å². The Hall–Kier alpha value is -1.22. The highest BCUT2D eigenvalue weighted by Gasteiger charge is 2.18. The molecule has 0 aliphatic heterocycles. The van der Waals surface area contributed by atoms with Crippen LogP contribution in [0.15, 0.2) is 36.5 Å². The molecule has 0 aromatic heterocycles. The van der Waals surface area contributed by atoms with Crippen LogP contribution in [-0.2, 0) is 0 Å². The predicted octanol–water partition coefficient (Wildman–Crippen LogP) is 2.68. The van der Waals surface area contributed by atoms with Crippen LogP contribution in [0.3, 0.4) is 0 Å². The first kappa shape index (κ1) is 11.8. The van der Waals surface area contributed by atoms with Gasteiger partial charge in [0.2, 0.25) is 0 Å². The molecule has 2 nitrogen and oxygen atoms in total. The van der Waals surface area contributed by atoms with E-state index in [0.717, 1.165) is 11.9 Å². The van der Waals surface area contributed by atoms with Crippen LogP contribution in [0, 0.1) is 0 Å². The first-order valence-electron chi connectivity index (χ1n) is 5.15. The molecule has 0 spiro atoms. The zero-order valence-corrected chi connectivity index (χ0v) is 10.8. The zero-order valence-electron chi connectivity index (χ0n) is 9.83. The molecule has 0 radical (unpaired) electrons. The van der Waals surface area contributed by atoms with E-state index in [-0.39, 0.29) is 0 Å². The molecule has 0 unspecified atom stereocenters. The van der Waals surface area contributed by atoms with Crippen LogP contribution in [0.5, 0.6) is 0 Å². The van der Waals surface area contributed by atoms with E-state index < -0.39 is 8.07 Å². The second kappa shape index (κ2) is 4.53. The SMILES string of the molecule is C=C[Si](C)(C)CN(C)c1ccc(N)cc1. The number of nitrogen functional groups attached to an aromatic ring is 1. The Bertz CT molecular complexity index is 330. The average molecular weight is 220 g/mol. The van der Waals surface area contributed by atoms with Crippen molar-refractivity contribution < 1.29 is 0 Å². The number of nitrogens with two attached hydrogens (primary N) is 1. The van der Waals surface area contributed by atoms with E-state index in [1.165, 1.54) is 5.69 Å². The number of nitrogens with zero attached hydrogens (tertiary/aromatic N) is 1. The monoisotopic (exact) mass is 220 g/mol. The minimum absolute atomic E-state index is 0.812. The lowest BCUT2D eigenvalue weighted by Gasteiger charge is -2.27. The van der Waals surface area contributed by atoms with Gasteiger partial charge in [-0.1, -0.05) is 13.1 Å². The van der Waals surface area contributed by atoms with Gasteiger partial charge >= 0.3 is 0 Å². The van der Waals surface area contributed by atoms with E-state index in [4.69, 9.17) is 5.73 Å². The Balaban J connectivity index is 2.73. The van der Waals surface area contributed by atoms with Crippen molar-refractivity contribution in [3.05, 3.63) is 36.5 Å². The van der Waals surface area contributed by atoms with E-state index in [9.17, 15) is 0 Å². The molecule has 0 aliphatic carbocycles. The van der Waals surface area contributed by atoms with Gasteiger partial charge in [0.05, 0.1) is 8.07 Å². The smallest absolute Gasteiger partial charge is 0.0920 e. The topological polar surface area (TPSA) is 29.3 Å². The number of anilines is 2. The molecule has 0 saturated carbocycles. The summed E-state index contributed by atoms with van der Waals surface area (Å²) in [5, 5.41) is 0. The van der Waals surface area contributed by atoms with Crippen LogP contribution < -0.4 is 10.6 Å². The molecule has 3 heteroatoms. The Morgan fingerprint density at radius 2 is 1.87 bits per heavy atom. The fourth-order valence-corrected chi connectivity index (χ4v) is 3.03. The molecule has 0 fully saturated rings. The van der Waals surface area contributed by atoms with E-state index in [2.05, 4.69) is 49.5 Å². The molecule has 1 aromatic carbocycles. The largest absolute Gasteiger partial charge is 0.399 e. The van der Waals surface area contributed by atoms with Gasteiger partial charge in [0.25, 0.3) is 0 Å². The molecule has 1 aromatic rings. The quantitative estimate of drug-likeness (QED) is 0.624. The zero-order chi connectivity index (χ0) is 11.5. The van der Waals surface area contributed by atoms with Crippen molar-refractivity contribution in [3.8, 4) is 0 Å². The lowest BCUT2D eigenvalue weighted by molar-refractivity contribution is 1.06. The molecule has 2 N–H and O–H groups in total. The van der Waals surface area contributed by atoms with Crippen molar-refractivity contribution in [2.75, 3.05) is 23.8 Å². The van der Waals surface area contributed by atoms with Crippen LogP contribution in [0.4, 0.5) is 11.4 Å². The minimum Gasteiger partial charge on any atom is -0.399 e. The summed E-state index contributed by atoms with van der Waals surface area (Å²) >= 11 is 0. The van der Waals surface area contributed by atoms with Crippen LogP contribution in [0.1, 0.15) is 0 Å². The standard InChI is InChI=1S/C12H20N2Si/c1-5-15(3,4)10-14(2)12-8-6-11(13)7-9-12/h5-9H,1,10,13H2,2-4H3. The Labute approximate surface area is 93.4 Å². The number of hydrogen-bond acceptors (Lipinski definition) is 2. The molecule has 0 atom stereocenters. The maximum Gasteiger partial charge on any atom is 0.0920 e. The van der Waals surface area contributed by atoms with Gasteiger partial charge in [0.1, 0.15) is 0 Å². The number of rotatable bonds is 4. The Morgan fingerprint density at radius 1 is 1.33 bits per heavy atom. The van der Waals surface area contributed by atoms with Crippen molar-refractivity contribution in [3.63, 3.8) is 0 Å². The molecule has 0 saturated heterocycles. The molecule has 0 amide bonds. The van der Waals surface area contributed by atoms with Gasteiger partial charge < -0.3 is 10.6 Å². The normalized spacial score (nSPS) is 11.1. The Morgan fingerprint density at radius 3 is 2.33 bits per heavy atom. The van der Waals surface area contributed by atoms with Gasteiger partial charge in [-0.25, -0.2) is 0 Å². The molecule has 1 rings (SSSR count). The third-order valence-corrected chi connectivity index (χ3v) is 4.93. The third-order valence-electron chi connectivity index (χ3n) is 2.53. The van der Waals surface area contributed by atoms with Gasteiger partial charge in [-0.2, -0.15) is 0 Å². The summed E-state index contributed by atoms with van der Waals surface area (Å²) in [6.45, 7) is 8.53. The number of benzene rings is 1. The Kier molecular flexibility index (Phi) is 3.58. The first-order chi connectivity index (χ1) is 6.94. The number of hydrogen-bond donors (Lipinski definition) is 1. The molecule has 0 bridgehead atoms. The molecular formula is C12H20N2Si. The second-order valence-electron chi connectivity index (χ2n) is 4.64. The van der Waals surface area contributed by atoms with Crippen molar-refractivity contribution in [2.45, 2.75) is 13.1 Å². The molecule has 0 aliphatic rings. The van der Waals surface area contributed by atoms with Crippen molar-refractivity contribution in [1.29, 1.82) is 0 Å². The first-order valence-corrected chi connectivity index (χ1v) is 8.43. The summed E-state index contributed by atoms with van der Waals surface area (Å²) in [5.74, 6) is 0. The second-order valence-corrected chi connectivity index (χ2v) is 9.34. The van der Waals surface area contributed by atoms with Crippen LogP contribution in [-0.4, -0.2) is 21.3 Å². The predicted molar refractivity (Wildman–Crippen MR) is 71.8 cm³/mol. The lowest BCUT2D eigenvalue weighted by atomic mass is 10.3. The summed E-state index contributed by atoms with van der Waals surface area (Å²) in [4.78, 5) is 2.27.